The van der Waals surface area contributed by atoms with E-state index in [4.69, 9.17) is 9.47 Å². The van der Waals surface area contributed by atoms with Gasteiger partial charge in [-0.2, -0.15) is 0 Å². The summed E-state index contributed by atoms with van der Waals surface area (Å²) < 4.78 is 11.2. The molecular weight excluding hydrogens is 288 g/mol. The topological polar surface area (TPSA) is 99.1 Å². The quantitative estimate of drug-likeness (QED) is 0.475. The number of allylic oxidation sites excluding steroid dienone is 1. The summed E-state index contributed by atoms with van der Waals surface area (Å²) in [5.74, 6) is -1.16. The lowest BCUT2D eigenvalue weighted by molar-refractivity contribution is -0.297. The van der Waals surface area contributed by atoms with E-state index in [-0.39, 0.29) is 18.6 Å². The molecule has 0 saturated carbocycles. The standard InChI is InChI=1S/C16H28O6/c1-11(8-6-4-3-5-7-9-15(19)20)21-16-14(18)10-13(17)12(2)22-16/h7,9,11-14,16-18H,3-6,8,10H2,1-2H3,(H,19,20)/p-1/b9-7+/t11-,12+,13-,14-,16-/m1/s1. The second-order valence-electron chi connectivity index (χ2n) is 5.89. The summed E-state index contributed by atoms with van der Waals surface area (Å²) >= 11 is 0. The highest BCUT2D eigenvalue weighted by atomic mass is 16.7. The van der Waals surface area contributed by atoms with Crippen LogP contribution in [-0.2, 0) is 14.3 Å². The van der Waals surface area contributed by atoms with Crippen molar-refractivity contribution in [3.05, 3.63) is 12.2 Å². The summed E-state index contributed by atoms with van der Waals surface area (Å²) in [6.07, 6.45) is 4.84. The van der Waals surface area contributed by atoms with Crippen LogP contribution in [0, 0.1) is 0 Å². The summed E-state index contributed by atoms with van der Waals surface area (Å²) in [5.41, 5.74) is 0. The van der Waals surface area contributed by atoms with Gasteiger partial charge in [-0.25, -0.2) is 0 Å². The number of hydrogen-bond donors (Lipinski definition) is 2. The van der Waals surface area contributed by atoms with Crippen LogP contribution in [0.25, 0.3) is 0 Å². The lowest BCUT2D eigenvalue weighted by Crippen LogP contribution is -2.48. The van der Waals surface area contributed by atoms with Gasteiger partial charge in [0.2, 0.25) is 0 Å². The van der Waals surface area contributed by atoms with Crippen molar-refractivity contribution in [1.82, 2.24) is 0 Å². The number of hydrogen-bond acceptors (Lipinski definition) is 6. The van der Waals surface area contributed by atoms with Crippen molar-refractivity contribution < 1.29 is 29.6 Å². The van der Waals surface area contributed by atoms with E-state index >= 15 is 0 Å². The molecule has 128 valence electrons. The van der Waals surface area contributed by atoms with E-state index in [1.807, 2.05) is 6.92 Å². The molecule has 0 spiro atoms. The molecular formula is C16H27O6-. The lowest BCUT2D eigenvalue weighted by atomic mass is 10.0. The smallest absolute Gasteiger partial charge is 0.184 e. The van der Waals surface area contributed by atoms with E-state index in [9.17, 15) is 20.1 Å². The summed E-state index contributed by atoms with van der Waals surface area (Å²) in [5, 5.41) is 29.6. The zero-order chi connectivity index (χ0) is 16.5. The second-order valence-corrected chi connectivity index (χ2v) is 5.89. The van der Waals surface area contributed by atoms with Gasteiger partial charge in [-0.15, -0.1) is 0 Å². The summed E-state index contributed by atoms with van der Waals surface area (Å²) in [6, 6.07) is 0. The number of carboxylic acid groups (broad SMARTS) is 1. The Labute approximate surface area is 131 Å². The third-order valence-electron chi connectivity index (χ3n) is 3.79. The maximum atomic E-state index is 10.2. The van der Waals surface area contributed by atoms with E-state index in [1.54, 1.807) is 13.0 Å². The number of aliphatic hydroxyl groups excluding tert-OH is 2. The molecule has 1 aliphatic heterocycles. The number of aliphatic carboxylic acids is 1. The van der Waals surface area contributed by atoms with Gasteiger partial charge in [-0.05, 0) is 39.2 Å². The van der Waals surface area contributed by atoms with Crippen molar-refractivity contribution in [1.29, 1.82) is 0 Å². The predicted molar refractivity (Wildman–Crippen MR) is 78.7 cm³/mol. The van der Waals surface area contributed by atoms with E-state index in [2.05, 4.69) is 0 Å². The molecule has 0 aliphatic carbocycles. The van der Waals surface area contributed by atoms with Gasteiger partial charge in [0.1, 0.15) is 6.10 Å². The molecule has 0 amide bonds. The molecule has 0 radical (unpaired) electrons. The van der Waals surface area contributed by atoms with Crippen LogP contribution in [0.2, 0.25) is 0 Å². The van der Waals surface area contributed by atoms with Crippen LogP contribution in [-0.4, -0.2) is 46.9 Å². The first kappa shape index (κ1) is 19.1. The van der Waals surface area contributed by atoms with Gasteiger partial charge >= 0.3 is 0 Å². The van der Waals surface area contributed by atoms with Crippen molar-refractivity contribution >= 4 is 5.97 Å². The molecule has 22 heavy (non-hydrogen) atoms. The fourth-order valence-corrected chi connectivity index (χ4v) is 2.41. The zero-order valence-electron chi connectivity index (χ0n) is 13.3. The Kier molecular flexibility index (Phi) is 8.63. The van der Waals surface area contributed by atoms with Gasteiger partial charge in [0.25, 0.3) is 0 Å². The average Bonchev–Trinajstić information content (AvgIpc) is 2.43. The molecule has 1 heterocycles. The Morgan fingerprint density at radius 1 is 1.36 bits per heavy atom. The number of carbonyl (C=O) groups is 1. The van der Waals surface area contributed by atoms with E-state index in [1.165, 1.54) is 0 Å². The Morgan fingerprint density at radius 3 is 2.77 bits per heavy atom. The van der Waals surface area contributed by atoms with Crippen molar-refractivity contribution in [3.8, 4) is 0 Å². The van der Waals surface area contributed by atoms with Crippen LogP contribution >= 0.6 is 0 Å². The minimum absolute atomic E-state index is 0.0409. The minimum atomic E-state index is -1.16. The monoisotopic (exact) mass is 315 g/mol. The highest BCUT2D eigenvalue weighted by Crippen LogP contribution is 2.23. The van der Waals surface area contributed by atoms with Crippen molar-refractivity contribution in [2.75, 3.05) is 0 Å². The first-order valence-electron chi connectivity index (χ1n) is 7.94. The van der Waals surface area contributed by atoms with E-state index < -0.39 is 24.5 Å². The Hall–Kier alpha value is -0.950. The molecule has 0 unspecified atom stereocenters. The number of unbranched alkanes of at least 4 members (excludes halogenated alkanes) is 3. The largest absolute Gasteiger partial charge is 0.545 e. The third kappa shape index (κ3) is 7.35. The normalized spacial score (nSPS) is 30.5. The number of carboxylic acids is 1. The molecule has 1 saturated heterocycles. The molecule has 6 heteroatoms. The van der Waals surface area contributed by atoms with Crippen molar-refractivity contribution in [2.45, 2.75) is 83.1 Å². The van der Waals surface area contributed by atoms with Crippen LogP contribution in [0.15, 0.2) is 12.2 Å². The molecule has 2 N–H and O–H groups in total. The Bertz CT molecular complexity index is 357. The van der Waals surface area contributed by atoms with Gasteiger partial charge < -0.3 is 29.6 Å². The van der Waals surface area contributed by atoms with Gasteiger partial charge in [-0.1, -0.05) is 18.9 Å². The predicted octanol–water partition coefficient (Wildman–Crippen LogP) is 0.505. The number of carbonyl (C=O) groups excluding carboxylic acids is 1. The van der Waals surface area contributed by atoms with E-state index in [0.29, 0.717) is 0 Å². The molecule has 0 bridgehead atoms. The Balaban J connectivity index is 2.13. The number of ether oxygens (including phenoxy) is 2. The summed E-state index contributed by atoms with van der Waals surface area (Å²) in [4.78, 5) is 10.2. The fraction of sp³-hybridized carbons (Fsp3) is 0.812. The number of aliphatic hydroxyl groups is 2. The highest BCUT2D eigenvalue weighted by molar-refractivity contribution is 5.77. The Morgan fingerprint density at radius 2 is 2.09 bits per heavy atom. The SMILES string of the molecule is C[C@H](CCCCC/C=C/C(=O)[O-])O[C@@H]1O[C@@H](C)[C@H](O)C[C@H]1O. The van der Waals surface area contributed by atoms with Gasteiger partial charge in [0.15, 0.2) is 6.29 Å². The van der Waals surface area contributed by atoms with Gasteiger partial charge in [0.05, 0.1) is 24.3 Å². The maximum Gasteiger partial charge on any atom is 0.184 e. The number of rotatable bonds is 9. The van der Waals surface area contributed by atoms with Crippen LogP contribution < -0.4 is 5.11 Å². The summed E-state index contributed by atoms with van der Waals surface area (Å²) in [7, 11) is 0. The van der Waals surface area contributed by atoms with Gasteiger partial charge in [-0.3, -0.25) is 0 Å². The van der Waals surface area contributed by atoms with Crippen LogP contribution in [0.5, 0.6) is 0 Å². The first-order valence-corrected chi connectivity index (χ1v) is 7.94. The molecule has 0 aromatic heterocycles. The van der Waals surface area contributed by atoms with Crippen molar-refractivity contribution in [2.24, 2.45) is 0 Å². The molecule has 0 aromatic carbocycles. The van der Waals surface area contributed by atoms with Crippen LogP contribution in [0.1, 0.15) is 52.4 Å². The zero-order valence-corrected chi connectivity index (χ0v) is 13.3. The van der Waals surface area contributed by atoms with Gasteiger partial charge in [0, 0.05) is 6.42 Å². The molecule has 1 rings (SSSR count). The summed E-state index contributed by atoms with van der Waals surface area (Å²) in [6.45, 7) is 3.69. The molecule has 1 aliphatic rings. The molecule has 6 nitrogen and oxygen atoms in total. The third-order valence-corrected chi connectivity index (χ3v) is 3.79. The van der Waals surface area contributed by atoms with Crippen LogP contribution in [0.4, 0.5) is 0 Å². The van der Waals surface area contributed by atoms with E-state index in [0.717, 1.165) is 38.2 Å². The second kappa shape index (κ2) is 9.94. The lowest BCUT2D eigenvalue weighted by Gasteiger charge is -2.36. The van der Waals surface area contributed by atoms with Crippen LogP contribution in [0.3, 0.4) is 0 Å². The average molecular weight is 315 g/mol. The fourth-order valence-electron chi connectivity index (χ4n) is 2.41. The first-order chi connectivity index (χ1) is 10.4. The molecule has 0 aromatic rings. The molecule has 5 atom stereocenters. The van der Waals surface area contributed by atoms with Crippen molar-refractivity contribution in [3.63, 3.8) is 0 Å². The molecule has 1 fully saturated rings. The minimum Gasteiger partial charge on any atom is -0.545 e. The maximum absolute atomic E-state index is 10.2. The highest BCUT2D eigenvalue weighted by Gasteiger charge is 2.35.